The summed E-state index contributed by atoms with van der Waals surface area (Å²) >= 11 is 3.48. The van der Waals surface area contributed by atoms with E-state index in [2.05, 4.69) is 43.5 Å². The number of nitrogens with one attached hydrogen (secondary N) is 2. The molecule has 0 aliphatic heterocycles. The van der Waals surface area contributed by atoms with Crippen LogP contribution in [-0.4, -0.2) is 41.6 Å². The molecule has 1 saturated carbocycles. The first-order chi connectivity index (χ1) is 12.2. The second-order valence-corrected chi connectivity index (χ2v) is 7.25. The number of nitrogens with zero attached hydrogens (tertiary/aromatic N) is 3. The predicted molar refractivity (Wildman–Crippen MR) is 119 cm³/mol. The second-order valence-electron chi connectivity index (χ2n) is 6.34. The largest absolute Gasteiger partial charge is 0.381 e. The van der Waals surface area contributed by atoms with Gasteiger partial charge in [-0.3, -0.25) is 0 Å². The minimum Gasteiger partial charge on any atom is -0.381 e. The molecule has 0 spiro atoms. The summed E-state index contributed by atoms with van der Waals surface area (Å²) in [5.74, 6) is 1.65. The van der Waals surface area contributed by atoms with Crippen molar-refractivity contribution in [3.63, 3.8) is 0 Å². The summed E-state index contributed by atoms with van der Waals surface area (Å²) in [6.07, 6.45) is 7.68. The SMILES string of the molecule is CCNC(=NCc1cn2cc(Br)ccc2n1)NCCCOCC1CC1.I. The molecule has 26 heavy (non-hydrogen) atoms. The van der Waals surface area contributed by atoms with Gasteiger partial charge in [0.1, 0.15) is 5.65 Å². The monoisotopic (exact) mass is 535 g/mol. The summed E-state index contributed by atoms with van der Waals surface area (Å²) in [5.41, 5.74) is 1.88. The van der Waals surface area contributed by atoms with Crippen LogP contribution in [0.15, 0.2) is 34.0 Å². The average molecular weight is 536 g/mol. The number of imidazole rings is 1. The van der Waals surface area contributed by atoms with Gasteiger partial charge in [0.15, 0.2) is 5.96 Å². The zero-order valence-electron chi connectivity index (χ0n) is 15.1. The number of halogens is 2. The minimum absolute atomic E-state index is 0. The molecular weight excluding hydrogens is 509 g/mol. The quantitative estimate of drug-likeness (QED) is 0.223. The summed E-state index contributed by atoms with van der Waals surface area (Å²) in [5, 5.41) is 6.63. The van der Waals surface area contributed by atoms with E-state index in [0.29, 0.717) is 6.54 Å². The molecule has 0 bridgehead atoms. The number of aromatic nitrogens is 2. The van der Waals surface area contributed by atoms with Crippen LogP contribution in [0.1, 0.15) is 31.9 Å². The van der Waals surface area contributed by atoms with Crippen LogP contribution in [0.3, 0.4) is 0 Å². The van der Waals surface area contributed by atoms with Gasteiger partial charge in [-0.2, -0.15) is 0 Å². The van der Waals surface area contributed by atoms with E-state index in [-0.39, 0.29) is 24.0 Å². The smallest absolute Gasteiger partial charge is 0.191 e. The van der Waals surface area contributed by atoms with Gasteiger partial charge in [0.05, 0.1) is 12.2 Å². The molecule has 0 atom stereocenters. The first-order valence-electron chi connectivity index (χ1n) is 8.97. The maximum atomic E-state index is 5.66. The number of guanidine groups is 1. The van der Waals surface area contributed by atoms with E-state index in [1.807, 2.05) is 28.9 Å². The van der Waals surface area contributed by atoms with Gasteiger partial charge in [0.2, 0.25) is 0 Å². The lowest BCUT2D eigenvalue weighted by atomic mass is 10.4. The standard InChI is InChI=1S/C18H26BrN5O.HI/c1-2-20-18(21-8-3-9-25-13-14-4-5-14)22-10-16-12-24-11-15(19)6-7-17(24)23-16;/h6-7,11-12,14H,2-5,8-10,13H2,1H3,(H2,20,21,22);1H. The first kappa shape index (κ1) is 21.4. The highest BCUT2D eigenvalue weighted by Gasteiger charge is 2.20. The fourth-order valence-corrected chi connectivity index (χ4v) is 2.86. The van der Waals surface area contributed by atoms with Gasteiger partial charge in [-0.15, -0.1) is 24.0 Å². The molecular formula is C18H27BrIN5O. The third-order valence-corrected chi connectivity index (χ3v) is 4.49. The van der Waals surface area contributed by atoms with Gasteiger partial charge in [-0.05, 0) is 60.2 Å². The Hall–Kier alpha value is -0.870. The Morgan fingerprint density at radius 1 is 1.35 bits per heavy atom. The van der Waals surface area contributed by atoms with Crippen LogP contribution in [0.25, 0.3) is 5.65 Å². The zero-order chi connectivity index (χ0) is 17.5. The Morgan fingerprint density at radius 3 is 2.96 bits per heavy atom. The van der Waals surface area contributed by atoms with E-state index in [0.717, 1.165) is 60.4 Å². The molecule has 0 saturated heterocycles. The number of pyridine rings is 1. The Bertz CT molecular complexity index is 717. The maximum Gasteiger partial charge on any atom is 0.191 e. The molecule has 144 valence electrons. The molecule has 0 aromatic carbocycles. The average Bonchev–Trinajstić information content (AvgIpc) is 3.33. The highest BCUT2D eigenvalue weighted by Crippen LogP contribution is 2.28. The van der Waals surface area contributed by atoms with Crippen LogP contribution in [0.4, 0.5) is 0 Å². The van der Waals surface area contributed by atoms with Gasteiger partial charge in [-0.1, -0.05) is 0 Å². The summed E-state index contributed by atoms with van der Waals surface area (Å²) in [6.45, 7) is 6.05. The molecule has 0 unspecified atom stereocenters. The van der Waals surface area contributed by atoms with Crippen LogP contribution >= 0.6 is 39.9 Å². The third-order valence-electron chi connectivity index (χ3n) is 4.02. The lowest BCUT2D eigenvalue weighted by Crippen LogP contribution is -2.38. The topological polar surface area (TPSA) is 63.0 Å². The number of hydrogen-bond donors (Lipinski definition) is 2. The molecule has 1 aliphatic rings. The van der Waals surface area contributed by atoms with Crippen molar-refractivity contribution >= 4 is 51.5 Å². The summed E-state index contributed by atoms with van der Waals surface area (Å²) < 4.78 is 8.70. The van der Waals surface area contributed by atoms with E-state index in [4.69, 9.17) is 4.74 Å². The zero-order valence-corrected chi connectivity index (χ0v) is 19.0. The van der Waals surface area contributed by atoms with Crippen molar-refractivity contribution in [1.29, 1.82) is 0 Å². The van der Waals surface area contributed by atoms with Crippen molar-refractivity contribution in [1.82, 2.24) is 20.0 Å². The molecule has 1 fully saturated rings. The van der Waals surface area contributed by atoms with Gasteiger partial charge in [0.25, 0.3) is 0 Å². The normalized spacial score (nSPS) is 14.3. The predicted octanol–water partition coefficient (Wildman–Crippen LogP) is 3.59. The molecule has 0 radical (unpaired) electrons. The van der Waals surface area contributed by atoms with Crippen molar-refractivity contribution in [3.05, 3.63) is 34.7 Å². The lowest BCUT2D eigenvalue weighted by Gasteiger charge is -2.11. The fraction of sp³-hybridized carbons (Fsp3) is 0.556. The van der Waals surface area contributed by atoms with Crippen LogP contribution in [0.2, 0.25) is 0 Å². The molecule has 0 amide bonds. The van der Waals surface area contributed by atoms with Crippen molar-refractivity contribution in [2.24, 2.45) is 10.9 Å². The fourth-order valence-electron chi connectivity index (χ4n) is 2.51. The van der Waals surface area contributed by atoms with E-state index in [1.54, 1.807) is 0 Å². The minimum atomic E-state index is 0. The van der Waals surface area contributed by atoms with Gasteiger partial charge in [-0.25, -0.2) is 9.98 Å². The van der Waals surface area contributed by atoms with Crippen LogP contribution in [-0.2, 0) is 11.3 Å². The Balaban J connectivity index is 0.00000243. The Labute approximate surface area is 180 Å². The van der Waals surface area contributed by atoms with Crippen molar-refractivity contribution in [3.8, 4) is 0 Å². The second kappa shape index (κ2) is 11.1. The van der Waals surface area contributed by atoms with E-state index in [9.17, 15) is 0 Å². The molecule has 2 aromatic heterocycles. The van der Waals surface area contributed by atoms with Gasteiger partial charge >= 0.3 is 0 Å². The van der Waals surface area contributed by atoms with Crippen LogP contribution in [0.5, 0.6) is 0 Å². The number of fused-ring (bicyclic) bond motifs is 1. The molecule has 8 heteroatoms. The number of aliphatic imine (C=N–C) groups is 1. The lowest BCUT2D eigenvalue weighted by molar-refractivity contribution is 0.123. The van der Waals surface area contributed by atoms with E-state index in [1.165, 1.54) is 12.8 Å². The van der Waals surface area contributed by atoms with Crippen molar-refractivity contribution < 1.29 is 4.74 Å². The van der Waals surface area contributed by atoms with Crippen LogP contribution < -0.4 is 10.6 Å². The molecule has 2 aromatic rings. The molecule has 2 N–H and O–H groups in total. The molecule has 1 aliphatic carbocycles. The Kier molecular flexibility index (Phi) is 9.13. The summed E-state index contributed by atoms with van der Waals surface area (Å²) in [6, 6.07) is 3.98. The molecule has 6 nitrogen and oxygen atoms in total. The van der Waals surface area contributed by atoms with Crippen molar-refractivity contribution in [2.45, 2.75) is 32.7 Å². The van der Waals surface area contributed by atoms with Gasteiger partial charge in [0, 0.05) is 43.2 Å². The first-order valence-corrected chi connectivity index (χ1v) is 9.77. The number of ether oxygens (including phenoxy) is 1. The van der Waals surface area contributed by atoms with Crippen molar-refractivity contribution in [2.75, 3.05) is 26.3 Å². The summed E-state index contributed by atoms with van der Waals surface area (Å²) in [7, 11) is 0. The number of hydrogen-bond acceptors (Lipinski definition) is 3. The molecule has 3 rings (SSSR count). The highest BCUT2D eigenvalue weighted by molar-refractivity contribution is 14.0. The maximum absolute atomic E-state index is 5.66. The summed E-state index contributed by atoms with van der Waals surface area (Å²) in [4.78, 5) is 9.21. The highest BCUT2D eigenvalue weighted by atomic mass is 127. The van der Waals surface area contributed by atoms with Gasteiger partial charge < -0.3 is 19.8 Å². The van der Waals surface area contributed by atoms with E-state index < -0.39 is 0 Å². The Morgan fingerprint density at radius 2 is 2.19 bits per heavy atom. The van der Waals surface area contributed by atoms with Crippen LogP contribution in [0, 0.1) is 5.92 Å². The third kappa shape index (κ3) is 7.03. The number of rotatable bonds is 9. The molecule has 2 heterocycles. The van der Waals surface area contributed by atoms with E-state index >= 15 is 0 Å².